The predicted molar refractivity (Wildman–Crippen MR) is 76.7 cm³/mol. The van der Waals surface area contributed by atoms with E-state index in [1.165, 1.54) is 28.1 Å². The van der Waals surface area contributed by atoms with Crippen molar-refractivity contribution in [2.45, 2.75) is 28.9 Å². The van der Waals surface area contributed by atoms with E-state index < -0.39 is 11.8 Å². The maximum atomic E-state index is 11.8. The lowest BCUT2D eigenvalue weighted by Crippen LogP contribution is -2.32. The first-order chi connectivity index (χ1) is 9.06. The van der Waals surface area contributed by atoms with Crippen molar-refractivity contribution < 1.29 is 10.2 Å². The van der Waals surface area contributed by atoms with Crippen molar-refractivity contribution >= 4 is 23.5 Å². The third kappa shape index (κ3) is 3.07. The summed E-state index contributed by atoms with van der Waals surface area (Å²) in [5.41, 5.74) is -0.300. The Morgan fingerprint density at radius 2 is 2.32 bits per heavy atom. The number of hydrogen-bond acceptors (Lipinski definition) is 6. The zero-order valence-corrected chi connectivity index (χ0v) is 12.0. The molecule has 8 heteroatoms. The molecular weight excluding hydrogens is 288 g/mol. The number of H-pyrrole nitrogens is 1. The molecule has 0 radical (unpaired) electrons. The number of nitrogens with zero attached hydrogens (tertiary/aromatic N) is 1. The number of rotatable bonds is 4. The van der Waals surface area contributed by atoms with Gasteiger partial charge in [0, 0.05) is 23.9 Å². The molecule has 1 aromatic rings. The molecule has 0 aromatic carbocycles. The van der Waals surface area contributed by atoms with Crippen molar-refractivity contribution in [1.29, 1.82) is 0 Å². The number of aliphatic hydroxyl groups excluding tert-OH is 2. The number of hydrogen-bond donors (Lipinski definition) is 3. The lowest BCUT2D eigenvalue weighted by molar-refractivity contribution is 0.137. The monoisotopic (exact) mass is 304 g/mol. The highest BCUT2D eigenvalue weighted by Gasteiger charge is 2.34. The summed E-state index contributed by atoms with van der Waals surface area (Å²) in [6.07, 6.45) is 3.19. The summed E-state index contributed by atoms with van der Waals surface area (Å²) >= 11 is 2.85. The first-order valence-electron chi connectivity index (χ1n) is 5.84. The lowest BCUT2D eigenvalue weighted by atomic mass is 10.2. The van der Waals surface area contributed by atoms with Crippen molar-refractivity contribution in [1.82, 2.24) is 9.55 Å². The van der Waals surface area contributed by atoms with Crippen LogP contribution in [-0.2, 0) is 5.75 Å². The van der Waals surface area contributed by atoms with E-state index in [4.69, 9.17) is 5.11 Å². The maximum absolute atomic E-state index is 11.8. The van der Waals surface area contributed by atoms with E-state index >= 15 is 0 Å². The van der Waals surface area contributed by atoms with Gasteiger partial charge >= 0.3 is 5.69 Å². The Balaban J connectivity index is 2.33. The molecule has 0 aliphatic carbocycles. The molecule has 3 N–H and O–H groups in total. The van der Waals surface area contributed by atoms with E-state index in [1.54, 1.807) is 6.20 Å². The van der Waals surface area contributed by atoms with Gasteiger partial charge in [-0.15, -0.1) is 11.8 Å². The minimum Gasteiger partial charge on any atom is -0.395 e. The van der Waals surface area contributed by atoms with Crippen molar-refractivity contribution in [3.63, 3.8) is 0 Å². The molecule has 1 aliphatic rings. The van der Waals surface area contributed by atoms with Crippen molar-refractivity contribution in [3.05, 3.63) is 32.6 Å². The minimum atomic E-state index is -0.636. The molecule has 0 bridgehead atoms. The van der Waals surface area contributed by atoms with Gasteiger partial charge in [0.05, 0.1) is 23.3 Å². The van der Waals surface area contributed by atoms with Crippen LogP contribution < -0.4 is 11.2 Å². The standard InChI is InChI=1S/C11H16N2O4S2/c1-18-5-6-3-13(11(17)12-10(6)16)9-2-7(15)8(4-14)19-9/h3,7-9,14-15H,2,4-5H2,1H3,(H,12,16,17)/t7-,8+,9+/m0/s1. The fourth-order valence-corrected chi connectivity index (χ4v) is 3.94. The second-order valence-electron chi connectivity index (χ2n) is 4.37. The number of aromatic nitrogens is 2. The van der Waals surface area contributed by atoms with Gasteiger partial charge in [-0.2, -0.15) is 11.8 Å². The quantitative estimate of drug-likeness (QED) is 0.710. The molecule has 106 valence electrons. The van der Waals surface area contributed by atoms with Gasteiger partial charge in [0.2, 0.25) is 0 Å². The Labute approximate surface area is 118 Å². The average Bonchev–Trinajstić information content (AvgIpc) is 2.74. The summed E-state index contributed by atoms with van der Waals surface area (Å²) in [5, 5.41) is 18.4. The molecular formula is C11H16N2O4S2. The SMILES string of the molecule is CSCc1cn([C@H]2C[C@H](O)[C@@H](CO)S2)c(=O)[nH]c1=O. The molecule has 1 aromatic heterocycles. The van der Waals surface area contributed by atoms with Crippen molar-refractivity contribution in [2.75, 3.05) is 12.9 Å². The second kappa shape index (κ2) is 6.17. The van der Waals surface area contributed by atoms with Gasteiger partial charge in [-0.3, -0.25) is 14.3 Å². The highest BCUT2D eigenvalue weighted by Crippen LogP contribution is 2.40. The zero-order chi connectivity index (χ0) is 14.0. The van der Waals surface area contributed by atoms with Crippen LogP contribution in [0.1, 0.15) is 17.4 Å². The summed E-state index contributed by atoms with van der Waals surface area (Å²) in [5.74, 6) is 0.527. The van der Waals surface area contributed by atoms with E-state index in [1.807, 2.05) is 6.26 Å². The van der Waals surface area contributed by atoms with Gasteiger partial charge < -0.3 is 10.2 Å². The Morgan fingerprint density at radius 1 is 1.58 bits per heavy atom. The number of aromatic amines is 1. The van der Waals surface area contributed by atoms with Crippen molar-refractivity contribution in [3.8, 4) is 0 Å². The number of aliphatic hydroxyl groups is 2. The van der Waals surface area contributed by atoms with Crippen LogP contribution in [-0.4, -0.2) is 44.0 Å². The molecule has 6 nitrogen and oxygen atoms in total. The van der Waals surface area contributed by atoms with Crippen LogP contribution in [0.15, 0.2) is 15.8 Å². The molecule has 1 aliphatic heterocycles. The summed E-state index contributed by atoms with van der Waals surface area (Å²) in [6, 6.07) is 0. The van der Waals surface area contributed by atoms with Crippen LogP contribution in [0.25, 0.3) is 0 Å². The fraction of sp³-hybridized carbons (Fsp3) is 0.636. The normalized spacial score (nSPS) is 26.8. The van der Waals surface area contributed by atoms with Gasteiger partial charge in [0.25, 0.3) is 5.56 Å². The molecule has 0 unspecified atom stereocenters. The lowest BCUT2D eigenvalue weighted by Gasteiger charge is -2.13. The highest BCUT2D eigenvalue weighted by atomic mass is 32.2. The Morgan fingerprint density at radius 3 is 2.89 bits per heavy atom. The molecule has 2 heterocycles. The highest BCUT2D eigenvalue weighted by molar-refractivity contribution is 8.00. The maximum Gasteiger partial charge on any atom is 0.329 e. The average molecular weight is 304 g/mol. The van der Waals surface area contributed by atoms with Gasteiger partial charge in [-0.25, -0.2) is 4.79 Å². The molecule has 2 rings (SSSR count). The minimum absolute atomic E-state index is 0.127. The first kappa shape index (κ1) is 14.7. The largest absolute Gasteiger partial charge is 0.395 e. The second-order valence-corrected chi connectivity index (χ2v) is 6.66. The molecule has 3 atom stereocenters. The summed E-state index contributed by atoms with van der Waals surface area (Å²) in [6.45, 7) is -0.127. The Kier molecular flexibility index (Phi) is 4.77. The zero-order valence-electron chi connectivity index (χ0n) is 10.4. The van der Waals surface area contributed by atoms with E-state index in [0.717, 1.165) is 0 Å². The van der Waals surface area contributed by atoms with E-state index in [2.05, 4.69) is 4.98 Å². The van der Waals surface area contributed by atoms with Gasteiger partial charge in [-0.1, -0.05) is 0 Å². The predicted octanol–water partition coefficient (Wildman–Crippen LogP) is -0.243. The van der Waals surface area contributed by atoms with Crippen LogP contribution in [0.5, 0.6) is 0 Å². The van der Waals surface area contributed by atoms with E-state index in [0.29, 0.717) is 17.7 Å². The summed E-state index contributed by atoms with van der Waals surface area (Å²) < 4.78 is 1.44. The smallest absolute Gasteiger partial charge is 0.329 e. The molecule has 19 heavy (non-hydrogen) atoms. The topological polar surface area (TPSA) is 95.3 Å². The van der Waals surface area contributed by atoms with Crippen LogP contribution in [0.2, 0.25) is 0 Å². The van der Waals surface area contributed by atoms with E-state index in [9.17, 15) is 14.7 Å². The van der Waals surface area contributed by atoms with Crippen LogP contribution in [0.4, 0.5) is 0 Å². The first-order valence-corrected chi connectivity index (χ1v) is 8.18. The van der Waals surface area contributed by atoms with Gasteiger partial charge in [-0.05, 0) is 6.26 Å². The molecule has 0 spiro atoms. The van der Waals surface area contributed by atoms with Crippen molar-refractivity contribution in [2.24, 2.45) is 0 Å². The van der Waals surface area contributed by atoms with Crippen LogP contribution >= 0.6 is 23.5 Å². The van der Waals surface area contributed by atoms with Crippen LogP contribution in [0, 0.1) is 0 Å². The molecule has 1 saturated heterocycles. The third-order valence-corrected chi connectivity index (χ3v) is 5.18. The third-order valence-electron chi connectivity index (χ3n) is 3.04. The van der Waals surface area contributed by atoms with Gasteiger partial charge in [0.15, 0.2) is 0 Å². The number of nitrogens with one attached hydrogen (secondary N) is 1. The molecule has 0 saturated carbocycles. The fourth-order valence-electron chi connectivity index (χ4n) is 2.05. The molecule has 0 amide bonds. The van der Waals surface area contributed by atoms with E-state index in [-0.39, 0.29) is 22.8 Å². The van der Waals surface area contributed by atoms with Gasteiger partial charge in [0.1, 0.15) is 0 Å². The van der Waals surface area contributed by atoms with Crippen LogP contribution in [0.3, 0.4) is 0 Å². The Hall–Kier alpha value is -0.700. The molecule has 1 fully saturated rings. The Bertz CT molecular complexity index is 556. The summed E-state index contributed by atoms with van der Waals surface area (Å²) in [4.78, 5) is 25.7. The number of thioether (sulfide) groups is 2. The summed E-state index contributed by atoms with van der Waals surface area (Å²) in [7, 11) is 0.